The number of nitrogens with zero attached hydrogens (tertiary/aromatic N) is 2. The third-order valence-electron chi connectivity index (χ3n) is 5.56. The van der Waals surface area contributed by atoms with Crippen LogP contribution in [0.5, 0.6) is 0 Å². The number of aryl methyl sites for hydroxylation is 3. The predicted octanol–water partition coefficient (Wildman–Crippen LogP) is 3.22. The van der Waals surface area contributed by atoms with Gasteiger partial charge >= 0.3 is 6.03 Å². The van der Waals surface area contributed by atoms with Gasteiger partial charge in [-0.25, -0.2) is 13.2 Å². The highest BCUT2D eigenvalue weighted by atomic mass is 32.2. The van der Waals surface area contributed by atoms with Gasteiger partial charge in [0.15, 0.2) is 9.84 Å². The first kappa shape index (κ1) is 18.0. The molecule has 27 heavy (non-hydrogen) atoms. The van der Waals surface area contributed by atoms with Crippen LogP contribution in [0.4, 0.5) is 10.5 Å². The van der Waals surface area contributed by atoms with E-state index in [1.54, 1.807) is 9.80 Å². The first-order valence-electron chi connectivity index (χ1n) is 9.18. The van der Waals surface area contributed by atoms with Gasteiger partial charge in [-0.1, -0.05) is 30.3 Å². The van der Waals surface area contributed by atoms with E-state index in [0.29, 0.717) is 6.54 Å². The largest absolute Gasteiger partial charge is 0.325 e. The molecule has 2 fully saturated rings. The molecule has 2 saturated heterocycles. The molecule has 2 aromatic rings. The third-order valence-corrected chi connectivity index (χ3v) is 7.26. The van der Waals surface area contributed by atoms with Crippen molar-refractivity contribution in [2.75, 3.05) is 16.4 Å². The molecule has 2 aromatic carbocycles. The van der Waals surface area contributed by atoms with Gasteiger partial charge in [0.25, 0.3) is 0 Å². The van der Waals surface area contributed by atoms with Crippen LogP contribution in [0.15, 0.2) is 42.5 Å². The molecule has 0 N–H and O–H groups in total. The number of anilines is 1. The zero-order valence-electron chi connectivity index (χ0n) is 15.8. The van der Waals surface area contributed by atoms with E-state index in [1.807, 2.05) is 57.2 Å². The maximum absolute atomic E-state index is 13.3. The van der Waals surface area contributed by atoms with E-state index >= 15 is 0 Å². The highest BCUT2D eigenvalue weighted by Gasteiger charge is 2.53. The van der Waals surface area contributed by atoms with Gasteiger partial charge in [0.1, 0.15) is 0 Å². The Balaban J connectivity index is 1.75. The summed E-state index contributed by atoms with van der Waals surface area (Å²) in [5.74, 6) is 0.0667. The summed E-state index contributed by atoms with van der Waals surface area (Å²) in [7, 11) is -3.16. The lowest BCUT2D eigenvalue weighted by Gasteiger charge is -2.24. The van der Waals surface area contributed by atoms with Crippen LogP contribution in [-0.4, -0.2) is 42.9 Å². The lowest BCUT2D eigenvalue weighted by molar-refractivity contribution is 0.205. The van der Waals surface area contributed by atoms with Crippen LogP contribution in [0.1, 0.15) is 22.3 Å². The van der Waals surface area contributed by atoms with Crippen LogP contribution < -0.4 is 4.90 Å². The summed E-state index contributed by atoms with van der Waals surface area (Å²) in [6, 6.07) is 13.2. The Hall–Kier alpha value is -2.34. The van der Waals surface area contributed by atoms with E-state index in [9.17, 15) is 13.2 Å². The lowest BCUT2D eigenvalue weighted by Crippen LogP contribution is -2.37. The molecule has 4 rings (SSSR count). The molecule has 2 amide bonds. The number of sulfone groups is 1. The Morgan fingerprint density at radius 1 is 0.963 bits per heavy atom. The molecule has 2 atom stereocenters. The second-order valence-corrected chi connectivity index (χ2v) is 9.92. The number of hydrogen-bond donors (Lipinski definition) is 0. The number of amides is 2. The van der Waals surface area contributed by atoms with Crippen molar-refractivity contribution in [3.8, 4) is 0 Å². The molecule has 2 aliphatic rings. The van der Waals surface area contributed by atoms with Gasteiger partial charge in [-0.2, -0.15) is 0 Å². The normalized spacial score (nSPS) is 23.7. The summed E-state index contributed by atoms with van der Waals surface area (Å²) in [5, 5.41) is 0. The van der Waals surface area contributed by atoms with Crippen molar-refractivity contribution in [1.29, 1.82) is 0 Å². The van der Waals surface area contributed by atoms with E-state index in [-0.39, 0.29) is 29.6 Å². The van der Waals surface area contributed by atoms with Gasteiger partial charge in [0.2, 0.25) is 0 Å². The standard InChI is InChI=1S/C21H24N2O3S/c1-14-8-15(2)10-18(9-14)23-20-13-27(25,26)12-19(20)22(21(23)24)11-17-7-5-4-6-16(17)3/h4-10,19-20H,11-13H2,1-3H3/t19-,20+/m1/s1. The minimum atomic E-state index is -3.16. The summed E-state index contributed by atoms with van der Waals surface area (Å²) in [4.78, 5) is 16.8. The van der Waals surface area contributed by atoms with Crippen LogP contribution in [0.2, 0.25) is 0 Å². The summed E-state index contributed by atoms with van der Waals surface area (Å²) < 4.78 is 24.7. The number of carbonyl (C=O) groups excluding carboxylic acids is 1. The fourth-order valence-corrected chi connectivity index (χ4v) is 6.27. The van der Waals surface area contributed by atoms with E-state index in [1.165, 1.54) is 0 Å². The molecule has 6 heteroatoms. The zero-order chi connectivity index (χ0) is 19.3. The Bertz CT molecular complexity index is 996. The Labute approximate surface area is 160 Å². The molecule has 0 bridgehead atoms. The number of fused-ring (bicyclic) bond motifs is 1. The first-order chi connectivity index (χ1) is 12.7. The zero-order valence-corrected chi connectivity index (χ0v) is 16.7. The van der Waals surface area contributed by atoms with Crippen molar-refractivity contribution in [2.45, 2.75) is 39.4 Å². The molecule has 0 unspecified atom stereocenters. The Morgan fingerprint density at radius 2 is 1.59 bits per heavy atom. The first-order valence-corrected chi connectivity index (χ1v) is 11.0. The third kappa shape index (κ3) is 3.23. The average molecular weight is 385 g/mol. The number of rotatable bonds is 3. The monoisotopic (exact) mass is 384 g/mol. The van der Waals surface area contributed by atoms with Gasteiger partial charge in [0, 0.05) is 12.2 Å². The summed E-state index contributed by atoms with van der Waals surface area (Å²) in [6.07, 6.45) is 0. The van der Waals surface area contributed by atoms with Crippen molar-refractivity contribution in [2.24, 2.45) is 0 Å². The van der Waals surface area contributed by atoms with E-state index in [4.69, 9.17) is 0 Å². The summed E-state index contributed by atoms with van der Waals surface area (Å²) in [6.45, 7) is 6.43. The molecular weight excluding hydrogens is 360 g/mol. The molecule has 142 valence electrons. The topological polar surface area (TPSA) is 57.7 Å². The molecule has 0 aliphatic carbocycles. The predicted molar refractivity (Wildman–Crippen MR) is 107 cm³/mol. The number of carbonyl (C=O) groups is 1. The minimum Gasteiger partial charge on any atom is -0.314 e. The maximum atomic E-state index is 13.3. The lowest BCUT2D eigenvalue weighted by atomic mass is 10.1. The Morgan fingerprint density at radius 3 is 2.26 bits per heavy atom. The van der Waals surface area contributed by atoms with Crippen molar-refractivity contribution in [1.82, 2.24) is 4.90 Å². The van der Waals surface area contributed by atoms with Gasteiger partial charge in [-0.15, -0.1) is 0 Å². The number of benzene rings is 2. The van der Waals surface area contributed by atoms with Gasteiger partial charge in [-0.3, -0.25) is 4.90 Å². The van der Waals surface area contributed by atoms with Crippen molar-refractivity contribution >= 4 is 21.6 Å². The van der Waals surface area contributed by atoms with Crippen molar-refractivity contribution in [3.63, 3.8) is 0 Å². The number of hydrogen-bond acceptors (Lipinski definition) is 3. The molecule has 2 aliphatic heterocycles. The van der Waals surface area contributed by atoms with Crippen LogP contribution in [-0.2, 0) is 16.4 Å². The van der Waals surface area contributed by atoms with Crippen LogP contribution in [0.25, 0.3) is 0 Å². The second-order valence-electron chi connectivity index (χ2n) is 7.76. The fourth-order valence-electron chi connectivity index (χ4n) is 4.32. The quantitative estimate of drug-likeness (QED) is 0.764. The molecule has 5 nitrogen and oxygen atoms in total. The van der Waals surface area contributed by atoms with E-state index in [2.05, 4.69) is 6.07 Å². The fraction of sp³-hybridized carbons (Fsp3) is 0.381. The highest BCUT2D eigenvalue weighted by Crippen LogP contribution is 2.36. The van der Waals surface area contributed by atoms with Crippen LogP contribution in [0.3, 0.4) is 0 Å². The summed E-state index contributed by atoms with van der Waals surface area (Å²) in [5.41, 5.74) is 5.07. The van der Waals surface area contributed by atoms with E-state index in [0.717, 1.165) is 27.9 Å². The van der Waals surface area contributed by atoms with Gasteiger partial charge in [-0.05, 0) is 55.2 Å². The molecule has 2 heterocycles. The maximum Gasteiger partial charge on any atom is 0.325 e. The number of urea groups is 1. The molecule has 0 spiro atoms. The van der Waals surface area contributed by atoms with Gasteiger partial charge < -0.3 is 4.90 Å². The van der Waals surface area contributed by atoms with Crippen molar-refractivity contribution in [3.05, 3.63) is 64.7 Å². The molecule has 0 aromatic heterocycles. The van der Waals surface area contributed by atoms with E-state index < -0.39 is 9.84 Å². The smallest absolute Gasteiger partial charge is 0.314 e. The summed E-state index contributed by atoms with van der Waals surface area (Å²) >= 11 is 0. The molecular formula is C21H24N2O3S. The second kappa shape index (κ2) is 6.37. The molecule has 0 saturated carbocycles. The van der Waals surface area contributed by atoms with Crippen LogP contribution in [0, 0.1) is 20.8 Å². The molecule has 0 radical (unpaired) electrons. The SMILES string of the molecule is Cc1cc(C)cc(N2C(=O)N(Cc3ccccc3C)[C@@H]3CS(=O)(=O)C[C@@H]32)c1. The Kier molecular flexibility index (Phi) is 4.26. The van der Waals surface area contributed by atoms with Crippen LogP contribution >= 0.6 is 0 Å². The minimum absolute atomic E-state index is 0.0284. The van der Waals surface area contributed by atoms with Gasteiger partial charge in [0.05, 0.1) is 23.6 Å². The van der Waals surface area contributed by atoms with Crippen molar-refractivity contribution < 1.29 is 13.2 Å². The average Bonchev–Trinajstić information content (AvgIpc) is 2.99. The highest BCUT2D eigenvalue weighted by molar-refractivity contribution is 7.91.